The molecular formula is C24H22ClN3O2S. The van der Waals surface area contributed by atoms with Crippen molar-refractivity contribution in [2.45, 2.75) is 24.9 Å². The Morgan fingerprint density at radius 3 is 2.65 bits per heavy atom. The third-order valence-corrected chi connectivity index (χ3v) is 6.43. The molecule has 0 saturated heterocycles. The van der Waals surface area contributed by atoms with E-state index in [9.17, 15) is 9.59 Å². The summed E-state index contributed by atoms with van der Waals surface area (Å²) in [5.41, 5.74) is 4.52. The number of urea groups is 1. The highest BCUT2D eigenvalue weighted by molar-refractivity contribution is 8.00. The molecule has 3 aromatic rings. The summed E-state index contributed by atoms with van der Waals surface area (Å²) in [4.78, 5) is 27.8. The van der Waals surface area contributed by atoms with E-state index in [2.05, 4.69) is 10.6 Å². The predicted molar refractivity (Wildman–Crippen MR) is 127 cm³/mol. The molecule has 1 aliphatic rings. The van der Waals surface area contributed by atoms with E-state index in [1.807, 2.05) is 67.6 Å². The van der Waals surface area contributed by atoms with Crippen molar-refractivity contribution in [2.24, 2.45) is 0 Å². The largest absolute Gasteiger partial charge is 0.334 e. The van der Waals surface area contributed by atoms with E-state index < -0.39 is 0 Å². The second kappa shape index (κ2) is 9.45. The number of thioether (sulfide) groups is 1. The van der Waals surface area contributed by atoms with E-state index in [4.69, 9.17) is 11.6 Å². The lowest BCUT2D eigenvalue weighted by atomic mass is 10.1. The van der Waals surface area contributed by atoms with Crippen LogP contribution in [0.4, 0.5) is 16.2 Å². The third kappa shape index (κ3) is 5.21. The maximum Gasteiger partial charge on any atom is 0.319 e. The molecule has 0 unspecified atom stereocenters. The van der Waals surface area contributed by atoms with Gasteiger partial charge in [0.1, 0.15) is 0 Å². The van der Waals surface area contributed by atoms with Crippen molar-refractivity contribution < 1.29 is 9.59 Å². The van der Waals surface area contributed by atoms with Gasteiger partial charge in [0, 0.05) is 22.2 Å². The molecule has 0 saturated carbocycles. The first-order chi connectivity index (χ1) is 15.0. The number of hydrogen-bond donors (Lipinski definition) is 2. The van der Waals surface area contributed by atoms with Gasteiger partial charge in [-0.05, 0) is 42.3 Å². The molecule has 3 amide bonds. The van der Waals surface area contributed by atoms with Crippen LogP contribution >= 0.6 is 23.4 Å². The first kappa shape index (κ1) is 21.3. The first-order valence-corrected chi connectivity index (χ1v) is 11.3. The van der Waals surface area contributed by atoms with Crippen LogP contribution in [0, 0.1) is 6.92 Å². The van der Waals surface area contributed by atoms with Crippen molar-refractivity contribution in [3.8, 4) is 0 Å². The molecule has 0 atom stereocenters. The summed E-state index contributed by atoms with van der Waals surface area (Å²) in [5, 5.41) is 6.27. The number of carbonyl (C=O) groups excluding carboxylic acids is 2. The van der Waals surface area contributed by atoms with Gasteiger partial charge in [0.05, 0.1) is 18.0 Å². The fourth-order valence-electron chi connectivity index (χ4n) is 3.32. The molecule has 4 rings (SSSR count). The number of benzene rings is 3. The average Bonchev–Trinajstić information content (AvgIpc) is 2.76. The van der Waals surface area contributed by atoms with Gasteiger partial charge in [-0.25, -0.2) is 4.79 Å². The number of hydrogen-bond acceptors (Lipinski definition) is 3. The lowest BCUT2D eigenvalue weighted by Crippen LogP contribution is -2.35. The van der Waals surface area contributed by atoms with Crippen molar-refractivity contribution in [1.82, 2.24) is 5.32 Å². The number of carbonyl (C=O) groups is 2. The van der Waals surface area contributed by atoms with E-state index in [0.717, 1.165) is 21.7 Å². The van der Waals surface area contributed by atoms with Crippen LogP contribution in [0.3, 0.4) is 0 Å². The quantitative estimate of drug-likeness (QED) is 0.530. The van der Waals surface area contributed by atoms with Crippen molar-refractivity contribution >= 4 is 46.7 Å². The second-order valence-electron chi connectivity index (χ2n) is 7.34. The summed E-state index contributed by atoms with van der Waals surface area (Å²) < 4.78 is 0. The summed E-state index contributed by atoms with van der Waals surface area (Å²) in [5.74, 6) is 0.461. The van der Waals surface area contributed by atoms with Gasteiger partial charge in [0.15, 0.2) is 0 Å². The normalized spacial score (nSPS) is 13.0. The summed E-state index contributed by atoms with van der Waals surface area (Å²) >= 11 is 7.66. The molecule has 2 N–H and O–H groups in total. The zero-order valence-electron chi connectivity index (χ0n) is 17.0. The fraction of sp³-hybridized carbons (Fsp3) is 0.167. The molecule has 7 heteroatoms. The maximum absolute atomic E-state index is 12.6. The molecule has 0 spiro atoms. The van der Waals surface area contributed by atoms with Crippen LogP contribution in [0.5, 0.6) is 0 Å². The minimum atomic E-state index is -0.334. The van der Waals surface area contributed by atoms with Gasteiger partial charge >= 0.3 is 6.03 Å². The molecule has 1 heterocycles. The standard InChI is InChI=1S/C24H22ClN3O2S/c1-16-6-8-17(9-7-16)14-28-21-12-19(10-11-22(21)31-15-23(28)29)27-24(30)26-13-18-4-2-3-5-20(18)25/h2-12H,13-15H2,1H3,(H2,26,27,30). The summed E-state index contributed by atoms with van der Waals surface area (Å²) in [7, 11) is 0. The Bertz CT molecular complexity index is 1120. The molecule has 0 aromatic heterocycles. The van der Waals surface area contributed by atoms with Gasteiger partial charge in [-0.1, -0.05) is 59.6 Å². The van der Waals surface area contributed by atoms with Crippen LogP contribution in [0.25, 0.3) is 0 Å². The molecule has 0 bridgehead atoms. The highest BCUT2D eigenvalue weighted by Gasteiger charge is 2.25. The first-order valence-electron chi connectivity index (χ1n) is 9.90. The Balaban J connectivity index is 1.47. The highest BCUT2D eigenvalue weighted by atomic mass is 35.5. The number of halogens is 1. The van der Waals surface area contributed by atoms with Gasteiger partial charge in [-0.3, -0.25) is 4.79 Å². The van der Waals surface area contributed by atoms with Crippen LogP contribution in [0.1, 0.15) is 16.7 Å². The van der Waals surface area contributed by atoms with Gasteiger partial charge in [-0.15, -0.1) is 11.8 Å². The van der Waals surface area contributed by atoms with Crippen molar-refractivity contribution in [1.29, 1.82) is 0 Å². The van der Waals surface area contributed by atoms with Gasteiger partial charge in [0.25, 0.3) is 0 Å². The third-order valence-electron chi connectivity index (χ3n) is 5.02. The zero-order valence-corrected chi connectivity index (χ0v) is 18.6. The van der Waals surface area contributed by atoms with Crippen LogP contribution in [-0.2, 0) is 17.9 Å². The van der Waals surface area contributed by atoms with Crippen molar-refractivity contribution in [3.63, 3.8) is 0 Å². The molecule has 0 radical (unpaired) electrons. The maximum atomic E-state index is 12.6. The molecule has 0 fully saturated rings. The Labute approximate surface area is 190 Å². The summed E-state index contributed by atoms with van der Waals surface area (Å²) in [6, 6.07) is 20.8. The van der Waals surface area contributed by atoms with Crippen molar-refractivity contribution in [3.05, 3.63) is 88.4 Å². The van der Waals surface area contributed by atoms with Gasteiger partial charge in [-0.2, -0.15) is 0 Å². The Morgan fingerprint density at radius 1 is 1.10 bits per heavy atom. The van der Waals surface area contributed by atoms with Crippen LogP contribution in [0.15, 0.2) is 71.6 Å². The number of rotatable bonds is 5. The Kier molecular flexibility index (Phi) is 6.49. The Hall–Kier alpha value is -2.96. The molecule has 158 valence electrons. The van der Waals surface area contributed by atoms with E-state index in [-0.39, 0.29) is 11.9 Å². The van der Waals surface area contributed by atoms with E-state index in [0.29, 0.717) is 29.6 Å². The number of nitrogens with one attached hydrogen (secondary N) is 2. The second-order valence-corrected chi connectivity index (χ2v) is 8.76. The van der Waals surface area contributed by atoms with Gasteiger partial charge in [0.2, 0.25) is 5.91 Å². The van der Waals surface area contributed by atoms with Crippen LogP contribution < -0.4 is 15.5 Å². The molecule has 3 aromatic carbocycles. The SMILES string of the molecule is Cc1ccc(CN2C(=O)CSc3ccc(NC(=O)NCc4ccccc4Cl)cc32)cc1. The van der Waals surface area contributed by atoms with E-state index >= 15 is 0 Å². The minimum absolute atomic E-state index is 0.0541. The Morgan fingerprint density at radius 2 is 1.87 bits per heavy atom. The number of fused-ring (bicyclic) bond motifs is 1. The minimum Gasteiger partial charge on any atom is -0.334 e. The average molecular weight is 452 g/mol. The molecule has 0 aliphatic carbocycles. The van der Waals surface area contributed by atoms with E-state index in [1.54, 1.807) is 11.0 Å². The zero-order chi connectivity index (χ0) is 21.8. The summed E-state index contributed by atoms with van der Waals surface area (Å²) in [6.07, 6.45) is 0. The van der Waals surface area contributed by atoms with E-state index in [1.165, 1.54) is 17.3 Å². The van der Waals surface area contributed by atoms with Gasteiger partial charge < -0.3 is 15.5 Å². The van der Waals surface area contributed by atoms with Crippen LogP contribution in [0.2, 0.25) is 5.02 Å². The number of amides is 3. The van der Waals surface area contributed by atoms with Crippen LogP contribution in [-0.4, -0.2) is 17.7 Å². The molecule has 5 nitrogen and oxygen atoms in total. The monoisotopic (exact) mass is 451 g/mol. The number of nitrogens with zero attached hydrogens (tertiary/aromatic N) is 1. The topological polar surface area (TPSA) is 61.4 Å². The predicted octanol–water partition coefficient (Wildman–Crippen LogP) is 5.61. The molecular weight excluding hydrogens is 430 g/mol. The molecule has 31 heavy (non-hydrogen) atoms. The lowest BCUT2D eigenvalue weighted by molar-refractivity contribution is -0.116. The lowest BCUT2D eigenvalue weighted by Gasteiger charge is -2.29. The smallest absolute Gasteiger partial charge is 0.319 e. The van der Waals surface area contributed by atoms with Crippen molar-refractivity contribution in [2.75, 3.05) is 16.0 Å². The molecule has 1 aliphatic heterocycles. The number of anilines is 2. The highest BCUT2D eigenvalue weighted by Crippen LogP contribution is 2.38. The summed E-state index contributed by atoms with van der Waals surface area (Å²) in [6.45, 7) is 2.86. The fourth-order valence-corrected chi connectivity index (χ4v) is 4.44. The number of aryl methyl sites for hydroxylation is 1.